The highest BCUT2D eigenvalue weighted by atomic mass is 35.5. The van der Waals surface area contributed by atoms with Crippen LogP contribution in [0, 0.1) is 6.92 Å². The summed E-state index contributed by atoms with van der Waals surface area (Å²) >= 11 is 12.4. The zero-order valence-electron chi connectivity index (χ0n) is 15.2. The quantitative estimate of drug-likeness (QED) is 0.365. The van der Waals surface area contributed by atoms with E-state index in [-0.39, 0.29) is 4.90 Å². The molecule has 3 aromatic carbocycles. The number of aryl methyl sites for hydroxylation is 1. The van der Waals surface area contributed by atoms with Crippen molar-refractivity contribution in [3.05, 3.63) is 76.3 Å². The summed E-state index contributed by atoms with van der Waals surface area (Å²) in [4.78, 5) is 7.58. The lowest BCUT2D eigenvalue weighted by Gasteiger charge is -2.08. The summed E-state index contributed by atoms with van der Waals surface area (Å²) in [6.45, 7) is 1.90. The van der Waals surface area contributed by atoms with Crippen LogP contribution in [0.3, 0.4) is 0 Å². The molecule has 0 saturated carbocycles. The number of sulfonamides is 1. The second kappa shape index (κ2) is 7.59. The predicted molar refractivity (Wildman–Crippen MR) is 118 cm³/mol. The van der Waals surface area contributed by atoms with E-state index < -0.39 is 10.0 Å². The van der Waals surface area contributed by atoms with Crippen molar-refractivity contribution in [1.29, 1.82) is 0 Å². The Morgan fingerprint density at radius 2 is 1.69 bits per heavy atom. The minimum absolute atomic E-state index is 0.123. The topological polar surface area (TPSA) is 86.9 Å². The van der Waals surface area contributed by atoms with E-state index in [9.17, 15) is 8.42 Å². The first-order chi connectivity index (χ1) is 13.8. The summed E-state index contributed by atoms with van der Waals surface area (Å²) in [6.07, 6.45) is 0. The molecule has 148 valence electrons. The summed E-state index contributed by atoms with van der Waals surface area (Å²) in [5.41, 5.74) is 3.14. The first-order valence-electron chi connectivity index (χ1n) is 8.62. The SMILES string of the molecule is Cc1cccc(NS(=O)(=O)c2ccc3nc(Nc4c(Cl)cccc4Cl)[nH]c3c2)c1. The number of aromatic nitrogens is 2. The van der Waals surface area contributed by atoms with Crippen LogP contribution in [0.5, 0.6) is 0 Å². The van der Waals surface area contributed by atoms with Gasteiger partial charge >= 0.3 is 0 Å². The van der Waals surface area contributed by atoms with Crippen molar-refractivity contribution < 1.29 is 8.42 Å². The van der Waals surface area contributed by atoms with Crippen LogP contribution < -0.4 is 10.0 Å². The van der Waals surface area contributed by atoms with Gasteiger partial charge in [0.05, 0.1) is 31.7 Å². The lowest BCUT2D eigenvalue weighted by atomic mass is 10.2. The monoisotopic (exact) mass is 446 g/mol. The molecule has 0 spiro atoms. The van der Waals surface area contributed by atoms with Gasteiger partial charge in [0.15, 0.2) is 0 Å². The molecule has 0 radical (unpaired) electrons. The third-order valence-corrected chi connectivity index (χ3v) is 6.25. The number of fused-ring (bicyclic) bond motifs is 1. The number of halogens is 2. The van der Waals surface area contributed by atoms with Crippen LogP contribution in [0.15, 0.2) is 65.6 Å². The number of hydrogen-bond acceptors (Lipinski definition) is 4. The summed E-state index contributed by atoms with van der Waals surface area (Å²) < 4.78 is 28.1. The Morgan fingerprint density at radius 3 is 2.41 bits per heavy atom. The Hall–Kier alpha value is -2.74. The summed E-state index contributed by atoms with van der Waals surface area (Å²) in [5.74, 6) is 0.399. The number of rotatable bonds is 5. The van der Waals surface area contributed by atoms with Crippen LogP contribution in [-0.2, 0) is 10.0 Å². The summed E-state index contributed by atoms with van der Waals surface area (Å²) in [6, 6.07) is 17.0. The van der Waals surface area contributed by atoms with Gasteiger partial charge in [-0.25, -0.2) is 13.4 Å². The molecule has 29 heavy (non-hydrogen) atoms. The zero-order chi connectivity index (χ0) is 20.6. The fourth-order valence-electron chi connectivity index (χ4n) is 2.87. The van der Waals surface area contributed by atoms with Gasteiger partial charge in [-0.1, -0.05) is 41.4 Å². The maximum absolute atomic E-state index is 12.7. The van der Waals surface area contributed by atoms with Crippen molar-refractivity contribution in [2.45, 2.75) is 11.8 Å². The van der Waals surface area contributed by atoms with Crippen molar-refractivity contribution in [3.8, 4) is 0 Å². The number of nitrogens with one attached hydrogen (secondary N) is 3. The first kappa shape index (κ1) is 19.6. The Morgan fingerprint density at radius 1 is 0.966 bits per heavy atom. The van der Waals surface area contributed by atoms with Crippen LogP contribution >= 0.6 is 23.2 Å². The van der Waals surface area contributed by atoms with Crippen LogP contribution in [0.4, 0.5) is 17.3 Å². The molecule has 0 atom stereocenters. The third kappa shape index (κ3) is 4.17. The van der Waals surface area contributed by atoms with Gasteiger partial charge in [-0.2, -0.15) is 0 Å². The largest absolute Gasteiger partial charge is 0.324 e. The number of H-pyrrole nitrogens is 1. The van der Waals surface area contributed by atoms with Gasteiger partial charge in [0.1, 0.15) is 0 Å². The van der Waals surface area contributed by atoms with Crippen LogP contribution in [-0.4, -0.2) is 18.4 Å². The van der Waals surface area contributed by atoms with Gasteiger partial charge in [-0.05, 0) is 55.0 Å². The predicted octanol–water partition coefficient (Wildman–Crippen LogP) is 5.72. The molecule has 3 N–H and O–H groups in total. The van der Waals surface area contributed by atoms with Gasteiger partial charge in [0, 0.05) is 5.69 Å². The Bertz CT molecular complexity index is 1300. The molecule has 0 aliphatic rings. The molecule has 0 bridgehead atoms. The van der Waals surface area contributed by atoms with Crippen LogP contribution in [0.2, 0.25) is 10.0 Å². The van der Waals surface area contributed by atoms with E-state index in [1.807, 2.05) is 13.0 Å². The molecule has 9 heteroatoms. The first-order valence-corrected chi connectivity index (χ1v) is 10.9. The standard InChI is InChI=1S/C20H16Cl2N4O2S/c1-12-4-2-5-13(10-12)26-29(27,28)14-8-9-17-18(11-14)24-20(23-17)25-19-15(21)6-3-7-16(19)22/h2-11,26H,1H3,(H2,23,24,25). The number of para-hydroxylation sites is 1. The van der Waals surface area contributed by atoms with Crippen LogP contribution in [0.25, 0.3) is 11.0 Å². The molecule has 0 aliphatic heterocycles. The molecule has 0 saturated heterocycles. The Labute approximate surface area is 177 Å². The smallest absolute Gasteiger partial charge is 0.261 e. The fraction of sp³-hybridized carbons (Fsp3) is 0.0500. The summed E-state index contributed by atoms with van der Waals surface area (Å²) in [7, 11) is -3.75. The molecule has 4 rings (SSSR count). The van der Waals surface area contributed by atoms with E-state index in [2.05, 4.69) is 20.0 Å². The summed E-state index contributed by atoms with van der Waals surface area (Å²) in [5, 5.41) is 3.93. The number of aromatic amines is 1. The minimum atomic E-state index is -3.75. The van der Waals surface area contributed by atoms with Crippen molar-refractivity contribution in [2.24, 2.45) is 0 Å². The molecule has 0 fully saturated rings. The number of imidazole rings is 1. The molecular formula is C20H16Cl2N4O2S. The number of nitrogens with zero attached hydrogens (tertiary/aromatic N) is 1. The highest BCUT2D eigenvalue weighted by Gasteiger charge is 2.16. The fourth-order valence-corrected chi connectivity index (χ4v) is 4.44. The van der Waals surface area contributed by atoms with E-state index in [0.717, 1.165) is 5.56 Å². The molecule has 0 unspecified atom stereocenters. The average Bonchev–Trinajstić information content (AvgIpc) is 3.06. The van der Waals surface area contributed by atoms with Crippen LogP contribution in [0.1, 0.15) is 5.56 Å². The third-order valence-electron chi connectivity index (χ3n) is 4.24. The van der Waals surface area contributed by atoms with E-state index in [1.54, 1.807) is 42.5 Å². The lowest BCUT2D eigenvalue weighted by molar-refractivity contribution is 0.601. The Balaban J connectivity index is 1.64. The van der Waals surface area contributed by atoms with Gasteiger partial charge in [0.2, 0.25) is 5.95 Å². The van der Waals surface area contributed by atoms with Crippen molar-refractivity contribution in [3.63, 3.8) is 0 Å². The minimum Gasteiger partial charge on any atom is -0.324 e. The molecule has 1 aromatic heterocycles. The average molecular weight is 447 g/mol. The number of hydrogen-bond donors (Lipinski definition) is 3. The van der Waals surface area contributed by atoms with Gasteiger partial charge in [-0.3, -0.25) is 4.72 Å². The molecule has 4 aromatic rings. The van der Waals surface area contributed by atoms with E-state index in [1.165, 1.54) is 12.1 Å². The Kier molecular flexibility index (Phi) is 5.12. The van der Waals surface area contributed by atoms with Crippen molar-refractivity contribution in [1.82, 2.24) is 9.97 Å². The number of anilines is 3. The van der Waals surface area contributed by atoms with Gasteiger partial charge in [0.25, 0.3) is 10.0 Å². The van der Waals surface area contributed by atoms with E-state index in [0.29, 0.717) is 38.4 Å². The van der Waals surface area contributed by atoms with Crippen molar-refractivity contribution >= 4 is 61.6 Å². The molecular weight excluding hydrogens is 431 g/mol. The zero-order valence-corrected chi connectivity index (χ0v) is 17.5. The highest BCUT2D eigenvalue weighted by molar-refractivity contribution is 7.92. The van der Waals surface area contributed by atoms with Gasteiger partial charge < -0.3 is 10.3 Å². The van der Waals surface area contributed by atoms with E-state index in [4.69, 9.17) is 23.2 Å². The molecule has 0 amide bonds. The lowest BCUT2D eigenvalue weighted by Crippen LogP contribution is -2.12. The molecule has 1 heterocycles. The van der Waals surface area contributed by atoms with E-state index >= 15 is 0 Å². The van der Waals surface area contributed by atoms with Crippen molar-refractivity contribution in [2.75, 3.05) is 10.0 Å². The highest BCUT2D eigenvalue weighted by Crippen LogP contribution is 2.32. The molecule has 0 aliphatic carbocycles. The maximum atomic E-state index is 12.7. The second-order valence-electron chi connectivity index (χ2n) is 6.46. The maximum Gasteiger partial charge on any atom is 0.261 e. The normalized spacial score (nSPS) is 11.6. The number of benzene rings is 3. The molecule has 6 nitrogen and oxygen atoms in total. The van der Waals surface area contributed by atoms with Gasteiger partial charge in [-0.15, -0.1) is 0 Å². The second-order valence-corrected chi connectivity index (χ2v) is 8.96.